The fourth-order valence-electron chi connectivity index (χ4n) is 1.87. The lowest BCUT2D eigenvalue weighted by molar-refractivity contribution is -0.117. The van der Waals surface area contributed by atoms with E-state index in [1.807, 2.05) is 0 Å². The van der Waals surface area contributed by atoms with Gasteiger partial charge in [-0.1, -0.05) is 5.16 Å². The molecule has 1 heterocycles. The van der Waals surface area contributed by atoms with E-state index in [4.69, 9.17) is 4.74 Å². The number of carbonyl (C=O) groups excluding carboxylic acids is 2. The minimum absolute atomic E-state index is 0.294. The lowest BCUT2D eigenvalue weighted by Gasteiger charge is -2.21. The van der Waals surface area contributed by atoms with Crippen molar-refractivity contribution in [3.05, 3.63) is 34.8 Å². The van der Waals surface area contributed by atoms with Gasteiger partial charge in [-0.15, -0.1) is 0 Å². The molecule has 3 N–H and O–H groups in total. The molecule has 1 aromatic carbocycles. The van der Waals surface area contributed by atoms with Gasteiger partial charge in [-0.25, -0.2) is 9.59 Å². The van der Waals surface area contributed by atoms with Gasteiger partial charge >= 0.3 is 11.8 Å². The Bertz CT molecular complexity index is 801. The van der Waals surface area contributed by atoms with Crippen molar-refractivity contribution in [3.63, 3.8) is 0 Å². The highest BCUT2D eigenvalue weighted by Gasteiger charge is 2.21. The van der Waals surface area contributed by atoms with Crippen LogP contribution in [0.2, 0.25) is 0 Å². The van der Waals surface area contributed by atoms with Gasteiger partial charge in [0.2, 0.25) is 5.91 Å². The van der Waals surface area contributed by atoms with Gasteiger partial charge in [-0.3, -0.25) is 14.3 Å². The summed E-state index contributed by atoms with van der Waals surface area (Å²) in [4.78, 5) is 37.2. The lowest BCUT2D eigenvalue weighted by atomic mass is 10.2. The van der Waals surface area contributed by atoms with Gasteiger partial charge in [0.15, 0.2) is 5.82 Å². The van der Waals surface area contributed by atoms with Crippen molar-refractivity contribution < 1.29 is 18.8 Å². The SMILES string of the molecule is C[C@@H](NC(=O)OC(C)(C)C)C(=O)Nc1ccc(-c2noc(=O)[nH]2)cc1. The zero-order valence-corrected chi connectivity index (χ0v) is 14.4. The predicted molar refractivity (Wildman–Crippen MR) is 90.0 cm³/mol. The summed E-state index contributed by atoms with van der Waals surface area (Å²) in [5, 5.41) is 8.70. The van der Waals surface area contributed by atoms with Crippen LogP contribution in [0.4, 0.5) is 10.5 Å². The molecule has 0 unspecified atom stereocenters. The van der Waals surface area contributed by atoms with Crippen LogP contribution in [0.3, 0.4) is 0 Å². The Morgan fingerprint density at radius 1 is 1.24 bits per heavy atom. The maximum absolute atomic E-state index is 12.1. The number of benzene rings is 1. The molecule has 2 aromatic rings. The number of carbonyl (C=O) groups is 2. The number of aromatic amines is 1. The van der Waals surface area contributed by atoms with Crippen molar-refractivity contribution in [2.45, 2.75) is 39.3 Å². The predicted octanol–water partition coefficient (Wildman–Crippen LogP) is 1.88. The van der Waals surface area contributed by atoms with Gasteiger partial charge in [0.05, 0.1) is 0 Å². The number of anilines is 1. The summed E-state index contributed by atoms with van der Waals surface area (Å²) in [6.07, 6.45) is -0.666. The van der Waals surface area contributed by atoms with E-state index < -0.39 is 29.4 Å². The molecule has 2 amide bonds. The maximum atomic E-state index is 12.1. The van der Waals surface area contributed by atoms with E-state index in [-0.39, 0.29) is 0 Å². The van der Waals surface area contributed by atoms with Crippen LogP contribution in [-0.2, 0) is 9.53 Å². The molecule has 0 fully saturated rings. The van der Waals surface area contributed by atoms with E-state index in [0.29, 0.717) is 17.1 Å². The van der Waals surface area contributed by atoms with Crippen molar-refractivity contribution in [2.24, 2.45) is 0 Å². The van der Waals surface area contributed by atoms with Crippen LogP contribution in [0.25, 0.3) is 11.4 Å². The number of amides is 2. The van der Waals surface area contributed by atoms with E-state index in [0.717, 1.165) is 0 Å². The number of hydrogen-bond acceptors (Lipinski definition) is 6. The van der Waals surface area contributed by atoms with Crippen LogP contribution < -0.4 is 16.4 Å². The second-order valence-corrected chi connectivity index (χ2v) is 6.38. The van der Waals surface area contributed by atoms with Crippen LogP contribution in [-0.4, -0.2) is 33.8 Å². The molecule has 25 heavy (non-hydrogen) atoms. The highest BCUT2D eigenvalue weighted by Crippen LogP contribution is 2.17. The zero-order chi connectivity index (χ0) is 18.6. The third-order valence-electron chi connectivity index (χ3n) is 2.99. The average Bonchev–Trinajstić information content (AvgIpc) is 2.92. The zero-order valence-electron chi connectivity index (χ0n) is 14.4. The topological polar surface area (TPSA) is 126 Å². The third kappa shape index (κ3) is 5.48. The van der Waals surface area contributed by atoms with Crippen molar-refractivity contribution in [1.82, 2.24) is 15.5 Å². The van der Waals surface area contributed by atoms with Gasteiger partial charge in [-0.2, -0.15) is 0 Å². The smallest absolute Gasteiger partial charge is 0.439 e. The van der Waals surface area contributed by atoms with Crippen LogP contribution >= 0.6 is 0 Å². The summed E-state index contributed by atoms with van der Waals surface area (Å²) < 4.78 is 9.53. The van der Waals surface area contributed by atoms with Crippen LogP contribution in [0.15, 0.2) is 33.6 Å². The molecule has 0 aliphatic heterocycles. The number of hydrogen-bond donors (Lipinski definition) is 3. The molecule has 0 saturated carbocycles. The lowest BCUT2D eigenvalue weighted by Crippen LogP contribution is -2.43. The Labute approximate surface area is 143 Å². The van der Waals surface area contributed by atoms with Gasteiger partial charge in [0.1, 0.15) is 11.6 Å². The highest BCUT2D eigenvalue weighted by atomic mass is 16.6. The molecule has 0 aliphatic carbocycles. The summed E-state index contributed by atoms with van der Waals surface area (Å²) in [7, 11) is 0. The van der Waals surface area contributed by atoms with Crippen LogP contribution in [0.1, 0.15) is 27.7 Å². The molecule has 0 radical (unpaired) electrons. The number of nitrogens with one attached hydrogen (secondary N) is 3. The minimum Gasteiger partial charge on any atom is -0.444 e. The summed E-state index contributed by atoms with van der Waals surface area (Å²) in [5.41, 5.74) is 0.513. The molecule has 9 heteroatoms. The summed E-state index contributed by atoms with van der Waals surface area (Å²) in [5.74, 6) is -0.745. The van der Waals surface area contributed by atoms with Crippen molar-refractivity contribution in [2.75, 3.05) is 5.32 Å². The van der Waals surface area contributed by atoms with Gasteiger partial charge in [0, 0.05) is 11.3 Å². The van der Waals surface area contributed by atoms with Crippen LogP contribution in [0.5, 0.6) is 0 Å². The number of H-pyrrole nitrogens is 1. The second-order valence-electron chi connectivity index (χ2n) is 6.38. The number of rotatable bonds is 4. The Balaban J connectivity index is 1.93. The van der Waals surface area contributed by atoms with E-state index in [2.05, 4.69) is 25.3 Å². The summed E-state index contributed by atoms with van der Waals surface area (Å²) in [6.45, 7) is 6.76. The first-order valence-corrected chi connectivity index (χ1v) is 7.61. The Morgan fingerprint density at radius 3 is 2.40 bits per heavy atom. The highest BCUT2D eigenvalue weighted by molar-refractivity contribution is 5.96. The number of ether oxygens (including phenoxy) is 1. The van der Waals surface area contributed by atoms with Gasteiger partial charge < -0.3 is 15.4 Å². The van der Waals surface area contributed by atoms with Crippen molar-refractivity contribution >= 4 is 17.7 Å². The maximum Gasteiger partial charge on any atom is 0.439 e. The fraction of sp³-hybridized carbons (Fsp3) is 0.375. The quantitative estimate of drug-likeness (QED) is 0.774. The van der Waals surface area contributed by atoms with Gasteiger partial charge in [-0.05, 0) is 52.0 Å². The van der Waals surface area contributed by atoms with Gasteiger partial charge in [0.25, 0.3) is 0 Å². The van der Waals surface area contributed by atoms with E-state index in [9.17, 15) is 14.4 Å². The first kappa shape index (κ1) is 18.2. The molecule has 0 aliphatic rings. The molecule has 9 nitrogen and oxygen atoms in total. The van der Waals surface area contributed by atoms with Crippen LogP contribution in [0, 0.1) is 0 Å². The standard InChI is InChI=1S/C16H20N4O5/c1-9(17-14(22)24-16(2,3)4)13(21)18-11-7-5-10(6-8-11)12-19-15(23)25-20-12/h5-9H,1-4H3,(H,17,22)(H,18,21)(H,19,20,23)/t9-/m1/s1. The number of aromatic nitrogens is 2. The Morgan fingerprint density at radius 2 is 1.88 bits per heavy atom. The second kappa shape index (κ2) is 7.20. The van der Waals surface area contributed by atoms with E-state index in [1.165, 1.54) is 0 Å². The average molecular weight is 348 g/mol. The molecule has 134 valence electrons. The Kier molecular flexibility index (Phi) is 5.26. The Hall–Kier alpha value is -3.10. The minimum atomic E-state index is -0.776. The number of alkyl carbamates (subject to hydrolysis) is 1. The molecule has 2 rings (SSSR count). The monoisotopic (exact) mass is 348 g/mol. The summed E-state index contributed by atoms with van der Waals surface area (Å²) in [6, 6.07) is 5.83. The normalized spacial score (nSPS) is 12.3. The number of nitrogens with zero attached hydrogens (tertiary/aromatic N) is 1. The molecule has 0 saturated heterocycles. The van der Waals surface area contributed by atoms with Crippen molar-refractivity contribution in [1.29, 1.82) is 0 Å². The van der Waals surface area contributed by atoms with E-state index in [1.54, 1.807) is 52.0 Å². The molecular formula is C16H20N4O5. The molecule has 1 aromatic heterocycles. The third-order valence-corrected chi connectivity index (χ3v) is 2.99. The van der Waals surface area contributed by atoms with Crippen molar-refractivity contribution in [3.8, 4) is 11.4 Å². The first-order chi connectivity index (χ1) is 11.6. The largest absolute Gasteiger partial charge is 0.444 e. The fourth-order valence-corrected chi connectivity index (χ4v) is 1.87. The first-order valence-electron chi connectivity index (χ1n) is 7.61. The molecule has 0 spiro atoms. The molecule has 1 atom stereocenters. The van der Waals surface area contributed by atoms with E-state index >= 15 is 0 Å². The molecule has 0 bridgehead atoms. The molecular weight excluding hydrogens is 328 g/mol. The summed E-state index contributed by atoms with van der Waals surface area (Å²) >= 11 is 0.